The van der Waals surface area contributed by atoms with Crippen LogP contribution in [0, 0.1) is 0 Å². The van der Waals surface area contributed by atoms with E-state index in [2.05, 4.69) is 33.8 Å². The molecule has 2 nitrogen and oxygen atoms in total. The van der Waals surface area contributed by atoms with Crippen molar-refractivity contribution in [2.45, 2.75) is 6.54 Å². The molecule has 0 radical (unpaired) electrons. The van der Waals surface area contributed by atoms with Gasteiger partial charge in [0, 0.05) is 11.5 Å². The molecule has 0 spiro atoms. The summed E-state index contributed by atoms with van der Waals surface area (Å²) < 4.78 is 41.2. The Bertz CT molecular complexity index is 371. The Morgan fingerprint density at radius 2 is 2.06 bits per heavy atom. The van der Waals surface area contributed by atoms with Crippen LogP contribution in [-0.2, 0) is 6.54 Å². The fraction of sp³-hybridized carbons (Fsp3) is 0.286. The van der Waals surface area contributed by atoms with Crippen molar-refractivity contribution < 1.29 is 21.8 Å². The van der Waals surface area contributed by atoms with Crippen molar-refractivity contribution in [3.8, 4) is 0 Å². The smallest absolute Gasteiger partial charge is 0.418 e. The van der Waals surface area contributed by atoms with Crippen LogP contribution in [0.4, 0.5) is 22.4 Å². The summed E-state index contributed by atoms with van der Waals surface area (Å²) in [6.45, 7) is 1.00. The molecule has 0 fully saturated rings. The monoisotopic (exact) mass is 272 g/mol. The minimum Gasteiger partial charge on any atom is -0.418 e. The Hall–Kier alpha value is -0.695. The van der Waals surface area contributed by atoms with E-state index in [-0.39, 0.29) is 0 Å². The molecule has 0 atom stereocenters. The van der Waals surface area contributed by atoms with Crippen LogP contribution in [-0.4, -0.2) is 13.5 Å². The standard InChI is InChI=1S/C7H8N2S2.BF4/c1-10-6-2-3-9-4-5-11-7(9)8-6;2-1(3,4)5/h2,4-5H,3H2,1H3;/q;-1/p+1. The third-order valence-corrected chi connectivity index (χ3v) is 3.13. The van der Waals surface area contributed by atoms with Gasteiger partial charge in [0.2, 0.25) is 0 Å². The van der Waals surface area contributed by atoms with Gasteiger partial charge in [0.25, 0.3) is 0 Å². The van der Waals surface area contributed by atoms with Crippen molar-refractivity contribution in [2.75, 3.05) is 11.6 Å². The first-order valence-corrected chi connectivity index (χ1v) is 6.36. The van der Waals surface area contributed by atoms with Crippen LogP contribution in [0.5, 0.6) is 0 Å². The van der Waals surface area contributed by atoms with Crippen LogP contribution in [0.25, 0.3) is 0 Å². The van der Waals surface area contributed by atoms with E-state index in [0.29, 0.717) is 0 Å². The van der Waals surface area contributed by atoms with Crippen molar-refractivity contribution in [1.82, 2.24) is 0 Å². The van der Waals surface area contributed by atoms with E-state index in [4.69, 9.17) is 0 Å². The second-order valence-electron chi connectivity index (χ2n) is 2.75. The zero-order valence-corrected chi connectivity index (χ0v) is 9.93. The van der Waals surface area contributed by atoms with E-state index >= 15 is 0 Å². The van der Waals surface area contributed by atoms with Gasteiger partial charge in [-0.1, -0.05) is 23.1 Å². The fourth-order valence-electron chi connectivity index (χ4n) is 1.02. The van der Waals surface area contributed by atoms with Crippen LogP contribution in [0.1, 0.15) is 0 Å². The lowest BCUT2D eigenvalue weighted by Crippen LogP contribution is -2.36. The zero-order chi connectivity index (χ0) is 12.2. The first-order chi connectivity index (χ1) is 7.40. The highest BCUT2D eigenvalue weighted by atomic mass is 32.2. The summed E-state index contributed by atoms with van der Waals surface area (Å²) in [7, 11) is -6.00. The average Bonchev–Trinajstić information content (AvgIpc) is 2.61. The maximum Gasteiger partial charge on any atom is 0.673 e. The molecule has 1 aliphatic heterocycles. The Balaban J connectivity index is 0.000000221. The zero-order valence-electron chi connectivity index (χ0n) is 8.29. The lowest BCUT2D eigenvalue weighted by atomic mass is 10.3. The Morgan fingerprint density at radius 3 is 2.62 bits per heavy atom. The van der Waals surface area contributed by atoms with Gasteiger partial charge < -0.3 is 17.3 Å². The van der Waals surface area contributed by atoms with Gasteiger partial charge in [-0.3, -0.25) is 0 Å². The largest absolute Gasteiger partial charge is 0.673 e. The molecule has 90 valence electrons. The SMILES string of the molecule is CSC1=CC[n+]2ccsc2N1.F[B-](F)(F)F. The molecular formula is C7H9BF4N2S2. The molecule has 0 saturated carbocycles. The number of thioether (sulfide) groups is 1. The molecule has 1 aliphatic rings. The van der Waals surface area contributed by atoms with Gasteiger partial charge >= 0.3 is 12.4 Å². The van der Waals surface area contributed by atoms with Crippen LogP contribution in [0.3, 0.4) is 0 Å². The molecule has 0 saturated heterocycles. The highest BCUT2D eigenvalue weighted by molar-refractivity contribution is 8.02. The van der Waals surface area contributed by atoms with Crippen molar-refractivity contribution in [2.24, 2.45) is 0 Å². The summed E-state index contributed by atoms with van der Waals surface area (Å²) >= 11 is 3.50. The molecule has 0 bridgehead atoms. The van der Waals surface area contributed by atoms with Crippen molar-refractivity contribution >= 4 is 35.5 Å². The van der Waals surface area contributed by atoms with E-state index < -0.39 is 7.25 Å². The first kappa shape index (κ1) is 13.4. The van der Waals surface area contributed by atoms with Crippen LogP contribution >= 0.6 is 23.1 Å². The maximum absolute atomic E-state index is 9.75. The minimum absolute atomic E-state index is 1.00. The maximum atomic E-state index is 9.75. The van der Waals surface area contributed by atoms with Gasteiger partial charge in [0.1, 0.15) is 12.7 Å². The third-order valence-electron chi connectivity index (χ3n) is 1.60. The first-order valence-electron chi connectivity index (χ1n) is 4.25. The van der Waals surface area contributed by atoms with Gasteiger partial charge in [-0.2, -0.15) is 0 Å². The summed E-state index contributed by atoms with van der Waals surface area (Å²) in [4.78, 5) is 0. The number of nitrogens with one attached hydrogen (secondary N) is 1. The normalized spacial score (nSPS) is 14.2. The van der Waals surface area contributed by atoms with Crippen LogP contribution < -0.4 is 9.88 Å². The number of fused-ring (bicyclic) bond motifs is 1. The predicted octanol–water partition coefficient (Wildman–Crippen LogP) is 2.97. The second kappa shape index (κ2) is 5.58. The minimum atomic E-state index is -6.00. The molecule has 1 aromatic rings. The number of thiazole rings is 1. The number of halogens is 4. The molecule has 0 unspecified atom stereocenters. The molecule has 0 amide bonds. The highest BCUT2D eigenvalue weighted by Crippen LogP contribution is 2.20. The van der Waals surface area contributed by atoms with Crippen LogP contribution in [0.15, 0.2) is 22.7 Å². The summed E-state index contributed by atoms with van der Waals surface area (Å²) in [6, 6.07) is 0. The number of hydrogen-bond donors (Lipinski definition) is 1. The molecule has 0 aromatic carbocycles. The number of anilines is 1. The van der Waals surface area contributed by atoms with Gasteiger partial charge in [-0.25, -0.2) is 9.88 Å². The number of rotatable bonds is 1. The van der Waals surface area contributed by atoms with Crippen molar-refractivity contribution in [3.63, 3.8) is 0 Å². The molecule has 2 rings (SSSR count). The molecule has 0 aliphatic carbocycles. The third kappa shape index (κ3) is 4.89. The highest BCUT2D eigenvalue weighted by Gasteiger charge is 2.20. The van der Waals surface area contributed by atoms with Crippen molar-refractivity contribution in [1.29, 1.82) is 0 Å². The number of aromatic nitrogens is 1. The molecular weight excluding hydrogens is 263 g/mol. The van der Waals surface area contributed by atoms with Gasteiger partial charge in [-0.05, 0) is 6.26 Å². The quantitative estimate of drug-likeness (QED) is 0.480. The second-order valence-corrected chi connectivity index (χ2v) is 4.50. The molecule has 1 N–H and O–H groups in total. The summed E-state index contributed by atoms with van der Waals surface area (Å²) in [5.41, 5.74) is 0. The molecule has 2 heterocycles. The Morgan fingerprint density at radius 1 is 1.44 bits per heavy atom. The van der Waals surface area contributed by atoms with Crippen LogP contribution in [0.2, 0.25) is 0 Å². The predicted molar refractivity (Wildman–Crippen MR) is 59.9 cm³/mol. The Labute approximate surface area is 98.5 Å². The average molecular weight is 272 g/mol. The van der Waals surface area contributed by atoms with Gasteiger partial charge in [-0.15, -0.1) is 0 Å². The molecule has 9 heteroatoms. The topological polar surface area (TPSA) is 15.9 Å². The Kier molecular flexibility index (Phi) is 4.66. The molecule has 1 aromatic heterocycles. The molecule has 16 heavy (non-hydrogen) atoms. The van der Waals surface area contributed by atoms with E-state index in [1.54, 1.807) is 23.1 Å². The van der Waals surface area contributed by atoms with Gasteiger partial charge in [0.15, 0.2) is 5.03 Å². The van der Waals surface area contributed by atoms with Gasteiger partial charge in [0.05, 0.1) is 0 Å². The summed E-state index contributed by atoms with van der Waals surface area (Å²) in [6.07, 6.45) is 6.38. The number of allylic oxidation sites excluding steroid dienone is 1. The fourth-order valence-corrected chi connectivity index (χ4v) is 2.30. The van der Waals surface area contributed by atoms with E-state index in [0.717, 1.165) is 6.54 Å². The lowest BCUT2D eigenvalue weighted by Gasteiger charge is -2.06. The van der Waals surface area contributed by atoms with E-state index in [1.165, 1.54) is 10.2 Å². The van der Waals surface area contributed by atoms with Crippen molar-refractivity contribution in [3.05, 3.63) is 22.7 Å². The number of nitrogens with zero attached hydrogens (tertiary/aromatic N) is 1. The number of hydrogen-bond acceptors (Lipinski definition) is 3. The summed E-state index contributed by atoms with van der Waals surface area (Å²) in [5, 5.41) is 7.92. The van der Waals surface area contributed by atoms with E-state index in [1.807, 2.05) is 0 Å². The summed E-state index contributed by atoms with van der Waals surface area (Å²) in [5.74, 6) is 0. The lowest BCUT2D eigenvalue weighted by molar-refractivity contribution is -0.670. The van der Waals surface area contributed by atoms with E-state index in [9.17, 15) is 17.3 Å².